The molecule has 4 heteroatoms. The average Bonchev–Trinajstić information content (AvgIpc) is 2.17. The summed E-state index contributed by atoms with van der Waals surface area (Å²) in [5.41, 5.74) is 6.61. The molecule has 82 valence electrons. The van der Waals surface area contributed by atoms with Gasteiger partial charge in [0.2, 0.25) is 5.91 Å². The molecule has 0 aliphatic carbocycles. The van der Waals surface area contributed by atoms with E-state index in [4.69, 9.17) is 5.73 Å². The molecule has 0 aliphatic rings. The van der Waals surface area contributed by atoms with E-state index in [-0.39, 0.29) is 5.91 Å². The summed E-state index contributed by atoms with van der Waals surface area (Å²) in [5.74, 6) is -0.106. The van der Waals surface area contributed by atoms with Gasteiger partial charge in [0.05, 0.1) is 6.04 Å². The monoisotopic (exact) mass is 270 g/mol. The van der Waals surface area contributed by atoms with E-state index in [0.717, 1.165) is 10.9 Å². The highest BCUT2D eigenvalue weighted by Gasteiger charge is 2.05. The Morgan fingerprint density at radius 2 is 2.33 bits per heavy atom. The fraction of sp³-hybridized carbons (Fsp3) is 0.364. The van der Waals surface area contributed by atoms with E-state index in [2.05, 4.69) is 21.2 Å². The first-order valence-electron chi connectivity index (χ1n) is 4.87. The van der Waals surface area contributed by atoms with Crippen LogP contribution in [0, 0.1) is 0 Å². The molecule has 1 aromatic carbocycles. The van der Waals surface area contributed by atoms with Crippen LogP contribution in [-0.2, 0) is 11.2 Å². The summed E-state index contributed by atoms with van der Waals surface area (Å²) in [5, 5.41) is 2.77. The topological polar surface area (TPSA) is 55.1 Å². The minimum Gasteiger partial charge on any atom is -0.354 e. The van der Waals surface area contributed by atoms with Crippen LogP contribution in [0.25, 0.3) is 0 Å². The molecule has 0 radical (unpaired) electrons. The molecule has 1 atom stereocenters. The summed E-state index contributed by atoms with van der Waals surface area (Å²) in [4.78, 5) is 11.2. The SMILES string of the molecule is CC(N)C(=O)NCCc1cccc(Br)c1. The second kappa shape index (κ2) is 5.88. The van der Waals surface area contributed by atoms with Gasteiger partial charge < -0.3 is 11.1 Å². The molecule has 0 heterocycles. The molecule has 1 amide bonds. The van der Waals surface area contributed by atoms with Crippen LogP contribution in [0.3, 0.4) is 0 Å². The Morgan fingerprint density at radius 1 is 1.60 bits per heavy atom. The molecule has 0 aromatic heterocycles. The van der Waals surface area contributed by atoms with E-state index in [9.17, 15) is 4.79 Å². The standard InChI is InChI=1S/C11H15BrN2O/c1-8(13)11(15)14-6-5-9-3-2-4-10(12)7-9/h2-4,7-8H,5-6,13H2,1H3,(H,14,15). The largest absolute Gasteiger partial charge is 0.354 e. The van der Waals surface area contributed by atoms with Crippen molar-refractivity contribution in [2.24, 2.45) is 5.73 Å². The van der Waals surface area contributed by atoms with E-state index < -0.39 is 6.04 Å². The molecule has 3 N–H and O–H groups in total. The lowest BCUT2D eigenvalue weighted by molar-refractivity contribution is -0.121. The van der Waals surface area contributed by atoms with E-state index in [1.54, 1.807) is 6.92 Å². The lowest BCUT2D eigenvalue weighted by Gasteiger charge is -2.07. The molecule has 15 heavy (non-hydrogen) atoms. The van der Waals surface area contributed by atoms with Crippen molar-refractivity contribution in [1.29, 1.82) is 0 Å². The normalized spacial score (nSPS) is 12.2. The lowest BCUT2D eigenvalue weighted by Crippen LogP contribution is -2.39. The summed E-state index contributed by atoms with van der Waals surface area (Å²) in [7, 11) is 0. The minimum atomic E-state index is -0.437. The van der Waals surface area contributed by atoms with Crippen molar-refractivity contribution in [3.8, 4) is 0 Å². The van der Waals surface area contributed by atoms with Gasteiger partial charge in [0, 0.05) is 11.0 Å². The second-order valence-electron chi connectivity index (χ2n) is 3.46. The quantitative estimate of drug-likeness (QED) is 0.871. The molecule has 3 nitrogen and oxygen atoms in total. The van der Waals surface area contributed by atoms with Crippen LogP contribution in [0.1, 0.15) is 12.5 Å². The maximum atomic E-state index is 11.2. The Balaban J connectivity index is 2.35. The van der Waals surface area contributed by atoms with E-state index in [1.807, 2.05) is 24.3 Å². The molecule has 1 aromatic rings. The van der Waals surface area contributed by atoms with E-state index in [0.29, 0.717) is 6.54 Å². The molecular formula is C11H15BrN2O. The van der Waals surface area contributed by atoms with Gasteiger partial charge >= 0.3 is 0 Å². The third-order valence-corrected chi connectivity index (χ3v) is 2.51. The van der Waals surface area contributed by atoms with Crippen LogP contribution in [-0.4, -0.2) is 18.5 Å². The molecule has 0 saturated carbocycles. The number of carbonyl (C=O) groups excluding carboxylic acids is 1. The Morgan fingerprint density at radius 3 is 2.93 bits per heavy atom. The van der Waals surface area contributed by atoms with Gasteiger partial charge in [-0.05, 0) is 31.0 Å². The zero-order chi connectivity index (χ0) is 11.3. The molecule has 0 spiro atoms. The number of nitrogens with two attached hydrogens (primary N) is 1. The minimum absolute atomic E-state index is 0.106. The zero-order valence-corrected chi connectivity index (χ0v) is 10.3. The van der Waals surface area contributed by atoms with Crippen LogP contribution in [0.5, 0.6) is 0 Å². The number of nitrogens with one attached hydrogen (secondary N) is 1. The van der Waals surface area contributed by atoms with Crippen LogP contribution in [0.15, 0.2) is 28.7 Å². The van der Waals surface area contributed by atoms with Crippen LogP contribution < -0.4 is 11.1 Å². The van der Waals surface area contributed by atoms with Gasteiger partial charge in [-0.15, -0.1) is 0 Å². The van der Waals surface area contributed by atoms with Crippen molar-refractivity contribution in [3.05, 3.63) is 34.3 Å². The molecule has 0 saturated heterocycles. The number of amides is 1. The van der Waals surface area contributed by atoms with Crippen LogP contribution in [0.2, 0.25) is 0 Å². The third kappa shape index (κ3) is 4.44. The van der Waals surface area contributed by atoms with Crippen molar-refractivity contribution in [1.82, 2.24) is 5.32 Å². The summed E-state index contributed by atoms with van der Waals surface area (Å²) in [6.45, 7) is 2.30. The fourth-order valence-electron chi connectivity index (χ4n) is 1.18. The van der Waals surface area contributed by atoms with E-state index in [1.165, 1.54) is 5.56 Å². The molecule has 0 fully saturated rings. The van der Waals surface area contributed by atoms with Crippen molar-refractivity contribution in [3.63, 3.8) is 0 Å². The number of benzene rings is 1. The molecule has 1 rings (SSSR count). The molecule has 0 aliphatic heterocycles. The molecule has 1 unspecified atom stereocenters. The first-order valence-corrected chi connectivity index (χ1v) is 5.66. The zero-order valence-electron chi connectivity index (χ0n) is 8.66. The summed E-state index contributed by atoms with van der Waals surface area (Å²) < 4.78 is 1.05. The van der Waals surface area contributed by atoms with Crippen molar-refractivity contribution in [2.45, 2.75) is 19.4 Å². The van der Waals surface area contributed by atoms with Gasteiger partial charge in [-0.25, -0.2) is 0 Å². The summed E-state index contributed by atoms with van der Waals surface area (Å²) >= 11 is 3.40. The van der Waals surface area contributed by atoms with Gasteiger partial charge in [-0.2, -0.15) is 0 Å². The Labute approximate surface area is 98.2 Å². The number of hydrogen-bond donors (Lipinski definition) is 2. The summed E-state index contributed by atoms with van der Waals surface area (Å²) in [6.07, 6.45) is 0.817. The maximum absolute atomic E-state index is 11.2. The average molecular weight is 271 g/mol. The third-order valence-electron chi connectivity index (χ3n) is 2.02. The Hall–Kier alpha value is -0.870. The Bertz CT molecular complexity index is 339. The van der Waals surface area contributed by atoms with Crippen molar-refractivity contribution < 1.29 is 4.79 Å². The van der Waals surface area contributed by atoms with Crippen LogP contribution in [0.4, 0.5) is 0 Å². The number of carbonyl (C=O) groups is 1. The predicted molar refractivity (Wildman–Crippen MR) is 64.5 cm³/mol. The molecule has 0 bridgehead atoms. The van der Waals surface area contributed by atoms with Gasteiger partial charge in [-0.1, -0.05) is 28.1 Å². The molecular weight excluding hydrogens is 256 g/mol. The fourth-order valence-corrected chi connectivity index (χ4v) is 1.63. The number of halogens is 1. The lowest BCUT2D eigenvalue weighted by atomic mass is 10.1. The predicted octanol–water partition coefficient (Wildman–Crippen LogP) is 1.46. The Kier molecular flexibility index (Phi) is 4.78. The second-order valence-corrected chi connectivity index (χ2v) is 4.38. The number of rotatable bonds is 4. The first kappa shape index (κ1) is 12.2. The van der Waals surface area contributed by atoms with Crippen molar-refractivity contribution >= 4 is 21.8 Å². The first-order chi connectivity index (χ1) is 7.09. The highest BCUT2D eigenvalue weighted by Crippen LogP contribution is 2.11. The highest BCUT2D eigenvalue weighted by molar-refractivity contribution is 9.10. The smallest absolute Gasteiger partial charge is 0.236 e. The maximum Gasteiger partial charge on any atom is 0.236 e. The van der Waals surface area contributed by atoms with Crippen LogP contribution >= 0.6 is 15.9 Å². The van der Waals surface area contributed by atoms with Crippen molar-refractivity contribution in [2.75, 3.05) is 6.54 Å². The van der Waals surface area contributed by atoms with Gasteiger partial charge in [-0.3, -0.25) is 4.79 Å². The number of hydrogen-bond acceptors (Lipinski definition) is 2. The van der Waals surface area contributed by atoms with Gasteiger partial charge in [0.25, 0.3) is 0 Å². The van der Waals surface area contributed by atoms with E-state index >= 15 is 0 Å². The van der Waals surface area contributed by atoms with Gasteiger partial charge in [0.15, 0.2) is 0 Å². The van der Waals surface area contributed by atoms with Gasteiger partial charge in [0.1, 0.15) is 0 Å². The summed E-state index contributed by atoms with van der Waals surface area (Å²) in [6, 6.07) is 7.59. The highest BCUT2D eigenvalue weighted by atomic mass is 79.9.